The lowest BCUT2D eigenvalue weighted by Crippen LogP contribution is -1.97. The maximum Gasteiger partial charge on any atom is 0.214 e. The summed E-state index contributed by atoms with van der Waals surface area (Å²) in [6, 6.07) is 12.0. The number of rotatable bonds is 3. The van der Waals surface area contributed by atoms with Crippen LogP contribution in [0.15, 0.2) is 42.5 Å². The highest BCUT2D eigenvalue weighted by Crippen LogP contribution is 2.25. The number of nitrogens with one attached hydrogen (secondary N) is 1. The van der Waals surface area contributed by atoms with E-state index in [1.54, 1.807) is 19.2 Å². The average molecular weight is 218 g/mol. The Labute approximate surface area is 92.9 Å². The lowest BCUT2D eigenvalue weighted by Gasteiger charge is -2.09. The fourth-order valence-corrected chi connectivity index (χ4v) is 1.36. The Balaban J connectivity index is 2.26. The van der Waals surface area contributed by atoms with E-state index in [4.69, 9.17) is 4.74 Å². The summed E-state index contributed by atoms with van der Waals surface area (Å²) in [6.45, 7) is 0. The molecule has 2 aromatic rings. The van der Waals surface area contributed by atoms with Gasteiger partial charge in [-0.05, 0) is 24.3 Å². The quantitative estimate of drug-likeness (QED) is 0.804. The van der Waals surface area contributed by atoms with Gasteiger partial charge in [0.15, 0.2) is 0 Å². The molecule has 82 valence electrons. The number of hydrogen-bond acceptors (Lipinski definition) is 3. The maximum atomic E-state index is 12.9. The molecule has 0 saturated heterocycles. The molecule has 0 unspecified atom stereocenters. The van der Waals surface area contributed by atoms with Crippen molar-refractivity contribution in [2.24, 2.45) is 0 Å². The van der Waals surface area contributed by atoms with E-state index < -0.39 is 5.95 Å². The van der Waals surface area contributed by atoms with E-state index in [2.05, 4.69) is 10.3 Å². The summed E-state index contributed by atoms with van der Waals surface area (Å²) in [5.74, 6) is 0.623. The number of pyridine rings is 1. The topological polar surface area (TPSA) is 34.1 Å². The van der Waals surface area contributed by atoms with Gasteiger partial charge in [0.1, 0.15) is 11.6 Å². The Hall–Kier alpha value is -2.10. The van der Waals surface area contributed by atoms with Crippen LogP contribution in [0.4, 0.5) is 15.9 Å². The molecule has 16 heavy (non-hydrogen) atoms. The summed E-state index contributed by atoms with van der Waals surface area (Å²) in [5, 5.41) is 2.99. The molecule has 0 aliphatic rings. The zero-order chi connectivity index (χ0) is 11.4. The number of methoxy groups -OCH3 is 1. The van der Waals surface area contributed by atoms with Crippen LogP contribution in [0.25, 0.3) is 0 Å². The van der Waals surface area contributed by atoms with E-state index in [1.807, 2.05) is 24.3 Å². The van der Waals surface area contributed by atoms with Crippen molar-refractivity contribution in [1.29, 1.82) is 0 Å². The Bertz CT molecular complexity index is 488. The second-order valence-electron chi connectivity index (χ2n) is 3.17. The Morgan fingerprint density at radius 1 is 1.12 bits per heavy atom. The van der Waals surface area contributed by atoms with Crippen LogP contribution in [-0.4, -0.2) is 12.1 Å². The van der Waals surface area contributed by atoms with Gasteiger partial charge >= 0.3 is 0 Å². The summed E-state index contributed by atoms with van der Waals surface area (Å²) in [5.41, 5.74) is 0.753. The minimum atomic E-state index is -0.514. The molecule has 4 heteroatoms. The Morgan fingerprint density at radius 3 is 2.69 bits per heavy atom. The predicted octanol–water partition coefficient (Wildman–Crippen LogP) is 2.97. The van der Waals surface area contributed by atoms with Crippen molar-refractivity contribution in [2.45, 2.75) is 0 Å². The minimum Gasteiger partial charge on any atom is -0.495 e. The number of para-hydroxylation sites is 2. The first-order valence-electron chi connectivity index (χ1n) is 4.82. The normalized spacial score (nSPS) is 9.88. The van der Waals surface area contributed by atoms with E-state index in [0.717, 1.165) is 5.69 Å². The van der Waals surface area contributed by atoms with Crippen LogP contribution in [0.5, 0.6) is 5.75 Å². The lowest BCUT2D eigenvalue weighted by atomic mass is 10.3. The van der Waals surface area contributed by atoms with Gasteiger partial charge in [0, 0.05) is 0 Å². The van der Waals surface area contributed by atoms with Gasteiger partial charge < -0.3 is 10.1 Å². The summed E-state index contributed by atoms with van der Waals surface area (Å²) >= 11 is 0. The van der Waals surface area contributed by atoms with E-state index >= 15 is 0 Å². The second kappa shape index (κ2) is 4.61. The smallest absolute Gasteiger partial charge is 0.214 e. The highest BCUT2D eigenvalue weighted by atomic mass is 19.1. The predicted molar refractivity (Wildman–Crippen MR) is 60.5 cm³/mol. The molecular weight excluding hydrogens is 207 g/mol. The van der Waals surface area contributed by atoms with Crippen molar-refractivity contribution >= 4 is 11.5 Å². The van der Waals surface area contributed by atoms with Crippen molar-refractivity contribution in [3.05, 3.63) is 48.4 Å². The second-order valence-corrected chi connectivity index (χ2v) is 3.17. The van der Waals surface area contributed by atoms with Crippen LogP contribution in [0, 0.1) is 5.95 Å². The van der Waals surface area contributed by atoms with Crippen molar-refractivity contribution in [3.8, 4) is 5.75 Å². The minimum absolute atomic E-state index is 0.449. The van der Waals surface area contributed by atoms with Gasteiger partial charge in [-0.25, -0.2) is 4.98 Å². The molecule has 1 N–H and O–H groups in total. The summed E-state index contributed by atoms with van der Waals surface area (Å²) in [4.78, 5) is 3.71. The summed E-state index contributed by atoms with van der Waals surface area (Å²) in [7, 11) is 1.58. The molecule has 0 aliphatic heterocycles. The third-order valence-corrected chi connectivity index (χ3v) is 2.08. The van der Waals surface area contributed by atoms with Gasteiger partial charge in [-0.1, -0.05) is 18.2 Å². The maximum absolute atomic E-state index is 12.9. The third kappa shape index (κ3) is 2.28. The molecule has 1 aromatic heterocycles. The first-order chi connectivity index (χ1) is 7.79. The van der Waals surface area contributed by atoms with Crippen molar-refractivity contribution in [3.63, 3.8) is 0 Å². The largest absolute Gasteiger partial charge is 0.495 e. The molecule has 2 rings (SSSR count). The fourth-order valence-electron chi connectivity index (χ4n) is 1.36. The number of aromatic nitrogens is 1. The zero-order valence-corrected chi connectivity index (χ0v) is 8.77. The van der Waals surface area contributed by atoms with E-state index in [0.29, 0.717) is 11.6 Å². The van der Waals surface area contributed by atoms with Crippen LogP contribution >= 0.6 is 0 Å². The molecule has 0 amide bonds. The molecule has 0 bridgehead atoms. The van der Waals surface area contributed by atoms with E-state index in [1.165, 1.54) is 6.07 Å². The Kier molecular flexibility index (Phi) is 3.00. The highest BCUT2D eigenvalue weighted by molar-refractivity contribution is 5.63. The lowest BCUT2D eigenvalue weighted by molar-refractivity contribution is 0.417. The monoisotopic (exact) mass is 218 g/mol. The molecule has 0 saturated carbocycles. The SMILES string of the molecule is COc1ccccc1Nc1cccc(F)n1. The first-order valence-corrected chi connectivity index (χ1v) is 4.82. The van der Waals surface area contributed by atoms with Gasteiger partial charge in [-0.2, -0.15) is 4.39 Å². The van der Waals surface area contributed by atoms with Gasteiger partial charge in [-0.3, -0.25) is 0 Å². The fraction of sp³-hybridized carbons (Fsp3) is 0.0833. The van der Waals surface area contributed by atoms with Gasteiger partial charge in [-0.15, -0.1) is 0 Å². The molecule has 0 aliphatic carbocycles. The van der Waals surface area contributed by atoms with Crippen LogP contribution in [-0.2, 0) is 0 Å². The Morgan fingerprint density at radius 2 is 1.94 bits per heavy atom. The molecule has 0 atom stereocenters. The van der Waals surface area contributed by atoms with Crippen molar-refractivity contribution < 1.29 is 9.13 Å². The van der Waals surface area contributed by atoms with Crippen molar-refractivity contribution in [2.75, 3.05) is 12.4 Å². The summed E-state index contributed by atoms with van der Waals surface area (Å²) in [6.07, 6.45) is 0. The van der Waals surface area contributed by atoms with Gasteiger partial charge in [0.25, 0.3) is 0 Å². The van der Waals surface area contributed by atoms with Crippen LogP contribution < -0.4 is 10.1 Å². The molecule has 0 fully saturated rings. The van der Waals surface area contributed by atoms with E-state index in [-0.39, 0.29) is 0 Å². The third-order valence-electron chi connectivity index (χ3n) is 2.08. The van der Waals surface area contributed by atoms with Gasteiger partial charge in [0.05, 0.1) is 12.8 Å². The van der Waals surface area contributed by atoms with Crippen LogP contribution in [0.3, 0.4) is 0 Å². The van der Waals surface area contributed by atoms with Gasteiger partial charge in [0.2, 0.25) is 5.95 Å². The molecular formula is C12H11FN2O. The zero-order valence-electron chi connectivity index (χ0n) is 8.77. The summed E-state index contributed by atoms with van der Waals surface area (Å²) < 4.78 is 18.0. The molecule has 1 heterocycles. The molecule has 0 radical (unpaired) electrons. The first kappa shape index (κ1) is 10.4. The number of hydrogen-bond donors (Lipinski definition) is 1. The highest BCUT2D eigenvalue weighted by Gasteiger charge is 2.02. The molecule has 0 spiro atoms. The van der Waals surface area contributed by atoms with Crippen LogP contribution in [0.2, 0.25) is 0 Å². The van der Waals surface area contributed by atoms with Crippen molar-refractivity contribution in [1.82, 2.24) is 4.98 Å². The number of nitrogens with zero attached hydrogens (tertiary/aromatic N) is 1. The number of ether oxygens (including phenoxy) is 1. The standard InChI is InChI=1S/C12H11FN2O/c1-16-10-6-3-2-5-9(10)14-12-8-4-7-11(13)15-12/h2-8H,1H3,(H,14,15). The molecule has 1 aromatic carbocycles. The molecule has 3 nitrogen and oxygen atoms in total. The number of benzene rings is 1. The average Bonchev–Trinajstić information content (AvgIpc) is 2.30. The number of halogens is 1. The van der Waals surface area contributed by atoms with Crippen LogP contribution in [0.1, 0.15) is 0 Å². The number of anilines is 2. The van der Waals surface area contributed by atoms with E-state index in [9.17, 15) is 4.39 Å².